The van der Waals surface area contributed by atoms with Gasteiger partial charge in [0, 0.05) is 23.4 Å². The summed E-state index contributed by atoms with van der Waals surface area (Å²) in [6.45, 7) is 6.15. The lowest BCUT2D eigenvalue weighted by Crippen LogP contribution is -2.21. The predicted molar refractivity (Wildman–Crippen MR) is 85.6 cm³/mol. The average molecular weight is 287 g/mol. The van der Waals surface area contributed by atoms with Gasteiger partial charge in [0.05, 0.1) is 19.9 Å². The quantitative estimate of drug-likeness (QED) is 0.809. The first-order chi connectivity index (χ1) is 10.3. The van der Waals surface area contributed by atoms with Gasteiger partial charge in [0.25, 0.3) is 0 Å². The molecular weight excluding hydrogens is 262 g/mol. The maximum Gasteiger partial charge on any atom is 0.123 e. The molecule has 4 heteroatoms. The monoisotopic (exact) mass is 287 g/mol. The summed E-state index contributed by atoms with van der Waals surface area (Å²) in [7, 11) is 1.70. The van der Waals surface area contributed by atoms with Crippen LogP contribution in [0.15, 0.2) is 36.7 Å². The number of aromatic nitrogens is 2. The third kappa shape index (κ3) is 4.08. The Hall–Kier alpha value is -1.81. The van der Waals surface area contributed by atoms with E-state index in [1.807, 2.05) is 29.1 Å². The third-order valence-corrected chi connectivity index (χ3v) is 3.63. The molecule has 0 bridgehead atoms. The number of benzene rings is 1. The molecule has 2 rings (SSSR count). The van der Waals surface area contributed by atoms with Crippen LogP contribution in [-0.4, -0.2) is 23.4 Å². The molecule has 1 N–H and O–H groups in total. The molecule has 0 spiro atoms. The van der Waals surface area contributed by atoms with Crippen molar-refractivity contribution >= 4 is 0 Å². The van der Waals surface area contributed by atoms with Gasteiger partial charge in [-0.1, -0.05) is 32.0 Å². The van der Waals surface area contributed by atoms with E-state index in [0.29, 0.717) is 6.04 Å². The van der Waals surface area contributed by atoms with E-state index < -0.39 is 0 Å². The van der Waals surface area contributed by atoms with Gasteiger partial charge in [-0.3, -0.25) is 4.68 Å². The normalized spacial score (nSPS) is 12.3. The first kappa shape index (κ1) is 15.6. The van der Waals surface area contributed by atoms with E-state index in [-0.39, 0.29) is 0 Å². The second-order valence-electron chi connectivity index (χ2n) is 5.20. The molecular formula is C17H25N3O. The lowest BCUT2D eigenvalue weighted by Gasteiger charge is -2.14. The zero-order valence-electron chi connectivity index (χ0n) is 13.2. The molecule has 1 unspecified atom stereocenters. The van der Waals surface area contributed by atoms with Crippen LogP contribution in [-0.2, 0) is 6.54 Å². The number of hydrogen-bond donors (Lipinski definition) is 1. The smallest absolute Gasteiger partial charge is 0.123 e. The Morgan fingerprint density at radius 1 is 1.29 bits per heavy atom. The molecule has 1 aromatic carbocycles. The maximum absolute atomic E-state index is 5.39. The first-order valence-corrected chi connectivity index (χ1v) is 7.66. The molecule has 2 aromatic rings. The van der Waals surface area contributed by atoms with Gasteiger partial charge < -0.3 is 10.1 Å². The molecule has 21 heavy (non-hydrogen) atoms. The zero-order chi connectivity index (χ0) is 15.1. The van der Waals surface area contributed by atoms with Crippen molar-refractivity contribution in [3.8, 4) is 5.75 Å². The summed E-state index contributed by atoms with van der Waals surface area (Å²) in [5.74, 6) is 0.908. The Morgan fingerprint density at radius 3 is 2.81 bits per heavy atom. The van der Waals surface area contributed by atoms with Crippen molar-refractivity contribution in [3.63, 3.8) is 0 Å². The highest BCUT2D eigenvalue weighted by Gasteiger charge is 2.11. The lowest BCUT2D eigenvalue weighted by atomic mass is 10.1. The van der Waals surface area contributed by atoms with Crippen molar-refractivity contribution in [2.45, 2.75) is 39.3 Å². The summed E-state index contributed by atoms with van der Waals surface area (Å²) in [6.07, 6.45) is 6.31. The number of nitrogens with zero attached hydrogens (tertiary/aromatic N) is 2. The molecule has 0 aliphatic carbocycles. The van der Waals surface area contributed by atoms with Gasteiger partial charge in [-0.25, -0.2) is 0 Å². The van der Waals surface area contributed by atoms with Crippen LogP contribution in [0, 0.1) is 0 Å². The molecule has 1 heterocycles. The van der Waals surface area contributed by atoms with Crippen LogP contribution in [0.1, 0.15) is 43.9 Å². The average Bonchev–Trinajstić information content (AvgIpc) is 2.97. The number of para-hydroxylation sites is 1. The van der Waals surface area contributed by atoms with Gasteiger partial charge in [0.1, 0.15) is 5.75 Å². The van der Waals surface area contributed by atoms with Crippen molar-refractivity contribution in [1.29, 1.82) is 0 Å². The van der Waals surface area contributed by atoms with Crippen LogP contribution in [0.25, 0.3) is 0 Å². The Kier molecular flexibility index (Phi) is 5.81. The molecule has 1 aromatic heterocycles. The largest absolute Gasteiger partial charge is 0.496 e. The van der Waals surface area contributed by atoms with Crippen LogP contribution >= 0.6 is 0 Å². The van der Waals surface area contributed by atoms with E-state index in [4.69, 9.17) is 4.74 Å². The molecule has 0 saturated heterocycles. The minimum absolute atomic E-state index is 0.386. The number of methoxy groups -OCH3 is 1. The van der Waals surface area contributed by atoms with E-state index in [9.17, 15) is 0 Å². The van der Waals surface area contributed by atoms with E-state index in [0.717, 1.165) is 37.2 Å². The van der Waals surface area contributed by atoms with Crippen molar-refractivity contribution < 1.29 is 4.74 Å². The molecule has 114 valence electrons. The number of nitrogens with one attached hydrogen (secondary N) is 1. The van der Waals surface area contributed by atoms with Crippen molar-refractivity contribution in [2.24, 2.45) is 0 Å². The highest BCUT2D eigenvalue weighted by molar-refractivity contribution is 5.33. The van der Waals surface area contributed by atoms with Gasteiger partial charge in [0.15, 0.2) is 0 Å². The minimum Gasteiger partial charge on any atom is -0.496 e. The fraction of sp³-hybridized carbons (Fsp3) is 0.471. The van der Waals surface area contributed by atoms with Gasteiger partial charge in [-0.15, -0.1) is 0 Å². The van der Waals surface area contributed by atoms with E-state index in [2.05, 4.69) is 36.5 Å². The van der Waals surface area contributed by atoms with Crippen LogP contribution in [0.2, 0.25) is 0 Å². The molecule has 4 nitrogen and oxygen atoms in total. The van der Waals surface area contributed by atoms with E-state index in [1.54, 1.807) is 7.11 Å². The van der Waals surface area contributed by atoms with Gasteiger partial charge in [-0.05, 0) is 25.5 Å². The molecule has 0 amide bonds. The Bertz CT molecular complexity index is 550. The highest BCUT2D eigenvalue weighted by Crippen LogP contribution is 2.20. The first-order valence-electron chi connectivity index (χ1n) is 7.66. The van der Waals surface area contributed by atoms with Crippen LogP contribution in [0.3, 0.4) is 0 Å². The summed E-state index contributed by atoms with van der Waals surface area (Å²) in [6, 6.07) is 8.46. The van der Waals surface area contributed by atoms with Crippen LogP contribution in [0.5, 0.6) is 5.75 Å². The lowest BCUT2D eigenvalue weighted by molar-refractivity contribution is 0.407. The SMILES string of the molecule is CCCNC(CC)c1cnn(Cc2ccccc2OC)c1. The Balaban J connectivity index is 2.08. The molecule has 0 saturated carbocycles. The van der Waals surface area contributed by atoms with Crippen molar-refractivity contribution in [2.75, 3.05) is 13.7 Å². The summed E-state index contributed by atoms with van der Waals surface area (Å²) in [5, 5.41) is 8.04. The van der Waals surface area contributed by atoms with Gasteiger partial charge >= 0.3 is 0 Å². The van der Waals surface area contributed by atoms with E-state index >= 15 is 0 Å². The second-order valence-corrected chi connectivity index (χ2v) is 5.20. The molecule has 0 radical (unpaired) electrons. The van der Waals surface area contributed by atoms with Gasteiger partial charge in [0.2, 0.25) is 0 Å². The summed E-state index contributed by atoms with van der Waals surface area (Å²) >= 11 is 0. The Morgan fingerprint density at radius 2 is 2.10 bits per heavy atom. The second kappa shape index (κ2) is 7.84. The number of rotatable bonds is 8. The molecule has 0 fully saturated rings. The van der Waals surface area contributed by atoms with Crippen molar-refractivity contribution in [1.82, 2.24) is 15.1 Å². The van der Waals surface area contributed by atoms with E-state index in [1.165, 1.54) is 5.56 Å². The third-order valence-electron chi connectivity index (χ3n) is 3.63. The van der Waals surface area contributed by atoms with Crippen LogP contribution < -0.4 is 10.1 Å². The maximum atomic E-state index is 5.39. The summed E-state index contributed by atoms with van der Waals surface area (Å²) in [5.41, 5.74) is 2.39. The standard InChI is InChI=1S/C17H25N3O/c1-4-10-18-16(5-2)15-11-19-20(13-15)12-14-8-6-7-9-17(14)21-3/h6-9,11,13,16,18H,4-5,10,12H2,1-3H3. The molecule has 0 aliphatic heterocycles. The predicted octanol–water partition coefficient (Wildman–Crippen LogP) is 3.39. The Labute approximate surface area is 127 Å². The van der Waals surface area contributed by atoms with Crippen LogP contribution in [0.4, 0.5) is 0 Å². The number of ether oxygens (including phenoxy) is 1. The highest BCUT2D eigenvalue weighted by atomic mass is 16.5. The topological polar surface area (TPSA) is 39.1 Å². The van der Waals surface area contributed by atoms with Crippen molar-refractivity contribution in [3.05, 3.63) is 47.8 Å². The zero-order valence-corrected chi connectivity index (χ0v) is 13.2. The molecule has 1 atom stereocenters. The van der Waals surface area contributed by atoms with Gasteiger partial charge in [-0.2, -0.15) is 5.10 Å². The fourth-order valence-corrected chi connectivity index (χ4v) is 2.47. The minimum atomic E-state index is 0.386. The summed E-state index contributed by atoms with van der Waals surface area (Å²) in [4.78, 5) is 0. The number of hydrogen-bond acceptors (Lipinski definition) is 3. The molecule has 0 aliphatic rings. The summed E-state index contributed by atoms with van der Waals surface area (Å²) < 4.78 is 7.37. The fourth-order valence-electron chi connectivity index (χ4n) is 2.47.